The first kappa shape index (κ1) is 14.7. The monoisotopic (exact) mass is 313 g/mol. The molecule has 1 atom stereocenters. The Morgan fingerprint density at radius 2 is 1.91 bits per heavy atom. The van der Waals surface area contributed by atoms with Crippen molar-refractivity contribution in [2.75, 3.05) is 39.3 Å². The second-order valence-electron chi connectivity index (χ2n) is 6.39. The van der Waals surface area contributed by atoms with Gasteiger partial charge < -0.3 is 5.32 Å². The van der Waals surface area contributed by atoms with E-state index in [0.29, 0.717) is 5.82 Å². The Morgan fingerprint density at radius 3 is 2.57 bits per heavy atom. The van der Waals surface area contributed by atoms with E-state index in [9.17, 15) is 0 Å². The standard InChI is InChI=1S/C16H23N7/c1-3-14(16-18-20-21-19-16)4-2-13(1)12-22-7-9-23(10-8-22)15-5-6-17-11-15/h1-4,15,17H,5-12H2,(H,18,19,20,21)/t15-/m0/s1. The molecular weight excluding hydrogens is 290 g/mol. The van der Waals surface area contributed by atoms with Crippen LogP contribution in [-0.4, -0.2) is 75.7 Å². The molecule has 0 bridgehead atoms. The van der Waals surface area contributed by atoms with Crippen LogP contribution in [0.3, 0.4) is 0 Å². The highest BCUT2D eigenvalue weighted by Crippen LogP contribution is 2.17. The van der Waals surface area contributed by atoms with Crippen LogP contribution in [0.15, 0.2) is 24.3 Å². The Kier molecular flexibility index (Phi) is 4.32. The van der Waals surface area contributed by atoms with Crippen LogP contribution in [0, 0.1) is 0 Å². The number of nitrogens with one attached hydrogen (secondary N) is 2. The third kappa shape index (κ3) is 3.41. The van der Waals surface area contributed by atoms with Crippen LogP contribution in [0.25, 0.3) is 11.4 Å². The summed E-state index contributed by atoms with van der Waals surface area (Å²) in [6.45, 7) is 8.05. The van der Waals surface area contributed by atoms with E-state index in [0.717, 1.165) is 37.8 Å². The number of nitrogens with zero attached hydrogens (tertiary/aromatic N) is 5. The van der Waals surface area contributed by atoms with Gasteiger partial charge in [0.15, 0.2) is 0 Å². The van der Waals surface area contributed by atoms with Crippen molar-refractivity contribution in [2.45, 2.75) is 19.0 Å². The van der Waals surface area contributed by atoms with Crippen molar-refractivity contribution in [1.29, 1.82) is 0 Å². The number of benzene rings is 1. The Hall–Kier alpha value is -1.83. The average molecular weight is 313 g/mol. The maximum atomic E-state index is 4.01. The van der Waals surface area contributed by atoms with Crippen LogP contribution in [0.5, 0.6) is 0 Å². The van der Waals surface area contributed by atoms with Gasteiger partial charge in [0.25, 0.3) is 0 Å². The maximum Gasteiger partial charge on any atom is 0.204 e. The normalized spacial score (nSPS) is 23.4. The number of H-pyrrole nitrogens is 1. The van der Waals surface area contributed by atoms with Gasteiger partial charge in [0.1, 0.15) is 0 Å². The van der Waals surface area contributed by atoms with E-state index in [2.05, 4.69) is 60.0 Å². The molecule has 3 heterocycles. The fourth-order valence-electron chi connectivity index (χ4n) is 3.54. The lowest BCUT2D eigenvalue weighted by Gasteiger charge is -2.37. The van der Waals surface area contributed by atoms with Crippen LogP contribution in [0.4, 0.5) is 0 Å². The van der Waals surface area contributed by atoms with Gasteiger partial charge in [0.05, 0.1) is 0 Å². The second kappa shape index (κ2) is 6.74. The summed E-state index contributed by atoms with van der Waals surface area (Å²) in [5, 5.41) is 17.6. The quantitative estimate of drug-likeness (QED) is 0.848. The van der Waals surface area contributed by atoms with E-state index in [1.807, 2.05) is 0 Å². The summed E-state index contributed by atoms with van der Waals surface area (Å²) in [5.41, 5.74) is 2.34. The van der Waals surface area contributed by atoms with Crippen LogP contribution in [-0.2, 0) is 6.54 Å². The minimum Gasteiger partial charge on any atom is -0.315 e. The predicted octanol–water partition coefficient (Wildman–Crippen LogP) is 0.346. The van der Waals surface area contributed by atoms with Crippen molar-refractivity contribution >= 4 is 0 Å². The fourth-order valence-corrected chi connectivity index (χ4v) is 3.54. The zero-order valence-corrected chi connectivity index (χ0v) is 13.3. The summed E-state index contributed by atoms with van der Waals surface area (Å²) < 4.78 is 0. The lowest BCUT2D eigenvalue weighted by Crippen LogP contribution is -2.50. The van der Waals surface area contributed by atoms with Crippen LogP contribution >= 0.6 is 0 Å². The molecule has 23 heavy (non-hydrogen) atoms. The lowest BCUT2D eigenvalue weighted by molar-refractivity contribution is 0.0981. The number of hydrogen-bond acceptors (Lipinski definition) is 6. The second-order valence-corrected chi connectivity index (χ2v) is 6.39. The summed E-state index contributed by atoms with van der Waals surface area (Å²) in [6.07, 6.45) is 1.30. The largest absolute Gasteiger partial charge is 0.315 e. The highest BCUT2D eigenvalue weighted by atomic mass is 15.5. The minimum atomic E-state index is 0.648. The van der Waals surface area contributed by atoms with E-state index in [1.54, 1.807) is 0 Å². The van der Waals surface area contributed by atoms with Gasteiger partial charge in [-0.2, -0.15) is 5.21 Å². The maximum absolute atomic E-state index is 4.01. The number of tetrazole rings is 1. The Balaban J connectivity index is 1.31. The predicted molar refractivity (Wildman–Crippen MR) is 87.7 cm³/mol. The van der Waals surface area contributed by atoms with Gasteiger partial charge in [-0.3, -0.25) is 9.80 Å². The van der Waals surface area contributed by atoms with Gasteiger partial charge in [-0.05, 0) is 23.7 Å². The molecule has 2 N–H and O–H groups in total. The molecule has 2 aliphatic rings. The molecule has 1 aromatic carbocycles. The highest BCUT2D eigenvalue weighted by molar-refractivity contribution is 5.54. The van der Waals surface area contributed by atoms with Crippen LogP contribution < -0.4 is 5.32 Å². The first-order valence-corrected chi connectivity index (χ1v) is 8.38. The number of rotatable bonds is 4. The molecule has 122 valence electrons. The van der Waals surface area contributed by atoms with Crippen molar-refractivity contribution in [2.24, 2.45) is 0 Å². The van der Waals surface area contributed by atoms with Crippen molar-refractivity contribution in [3.05, 3.63) is 29.8 Å². The van der Waals surface area contributed by atoms with E-state index >= 15 is 0 Å². The fraction of sp³-hybridized carbons (Fsp3) is 0.562. The van der Waals surface area contributed by atoms with Crippen LogP contribution in [0.2, 0.25) is 0 Å². The zero-order chi connectivity index (χ0) is 15.5. The zero-order valence-electron chi connectivity index (χ0n) is 13.3. The summed E-state index contributed by atoms with van der Waals surface area (Å²) >= 11 is 0. The van der Waals surface area contributed by atoms with Gasteiger partial charge in [-0.25, -0.2) is 0 Å². The van der Waals surface area contributed by atoms with E-state index in [4.69, 9.17) is 0 Å². The average Bonchev–Trinajstić information content (AvgIpc) is 3.30. The molecule has 1 aromatic heterocycles. The molecule has 0 aliphatic carbocycles. The molecular formula is C16H23N7. The summed E-state index contributed by atoms with van der Waals surface area (Å²) in [4.78, 5) is 5.19. The Morgan fingerprint density at radius 1 is 1.09 bits per heavy atom. The van der Waals surface area contributed by atoms with Gasteiger partial charge in [-0.15, -0.1) is 10.2 Å². The molecule has 0 radical (unpaired) electrons. The van der Waals surface area contributed by atoms with E-state index in [-0.39, 0.29) is 0 Å². The number of aromatic amines is 1. The molecule has 0 unspecified atom stereocenters. The van der Waals surface area contributed by atoms with Gasteiger partial charge in [0.2, 0.25) is 5.82 Å². The molecule has 0 saturated carbocycles. The molecule has 7 nitrogen and oxygen atoms in total. The smallest absolute Gasteiger partial charge is 0.204 e. The van der Waals surface area contributed by atoms with Crippen LogP contribution in [0.1, 0.15) is 12.0 Å². The molecule has 0 amide bonds. The highest BCUT2D eigenvalue weighted by Gasteiger charge is 2.25. The summed E-state index contributed by atoms with van der Waals surface area (Å²) in [5.74, 6) is 0.648. The number of aromatic nitrogens is 4. The van der Waals surface area contributed by atoms with Crippen molar-refractivity contribution in [1.82, 2.24) is 35.7 Å². The van der Waals surface area contributed by atoms with Gasteiger partial charge in [-0.1, -0.05) is 24.3 Å². The summed E-state index contributed by atoms with van der Waals surface area (Å²) in [6, 6.07) is 9.23. The Bertz CT molecular complexity index is 596. The number of hydrogen-bond donors (Lipinski definition) is 2. The minimum absolute atomic E-state index is 0.648. The number of piperazine rings is 1. The van der Waals surface area contributed by atoms with E-state index in [1.165, 1.54) is 31.6 Å². The van der Waals surface area contributed by atoms with Crippen molar-refractivity contribution < 1.29 is 0 Å². The lowest BCUT2D eigenvalue weighted by atomic mass is 10.1. The molecule has 2 aliphatic heterocycles. The van der Waals surface area contributed by atoms with E-state index < -0.39 is 0 Å². The SMILES string of the molecule is c1cc(-c2nn[nH]n2)ccc1CN1CCN([C@H]2CCNC2)CC1. The van der Waals surface area contributed by atoms with Crippen molar-refractivity contribution in [3.63, 3.8) is 0 Å². The Labute approximate surface area is 136 Å². The summed E-state index contributed by atoms with van der Waals surface area (Å²) in [7, 11) is 0. The third-order valence-electron chi connectivity index (χ3n) is 4.92. The molecule has 2 fully saturated rings. The van der Waals surface area contributed by atoms with Gasteiger partial charge >= 0.3 is 0 Å². The van der Waals surface area contributed by atoms with Gasteiger partial charge in [0, 0.05) is 50.9 Å². The van der Waals surface area contributed by atoms with Crippen molar-refractivity contribution in [3.8, 4) is 11.4 Å². The molecule has 2 aromatic rings. The first-order valence-electron chi connectivity index (χ1n) is 8.38. The first-order chi connectivity index (χ1) is 11.4. The molecule has 0 spiro atoms. The molecule has 4 rings (SSSR count). The third-order valence-corrected chi connectivity index (χ3v) is 4.92. The topological polar surface area (TPSA) is 73.0 Å². The molecule has 7 heteroatoms. The molecule has 2 saturated heterocycles.